The molecule has 7 heteroatoms. The van der Waals surface area contributed by atoms with Crippen LogP contribution in [-0.2, 0) is 19.1 Å². The topological polar surface area (TPSA) is 102 Å². The van der Waals surface area contributed by atoms with Crippen LogP contribution in [0.2, 0.25) is 0 Å². The lowest BCUT2D eigenvalue weighted by atomic mass is 10.1. The van der Waals surface area contributed by atoms with Gasteiger partial charge in [0.05, 0.1) is 0 Å². The second-order valence-electron chi connectivity index (χ2n) is 6.66. The van der Waals surface area contributed by atoms with Crippen LogP contribution in [0.25, 0.3) is 0 Å². The van der Waals surface area contributed by atoms with Crippen LogP contribution in [0.3, 0.4) is 0 Å². The Balaban J connectivity index is 4.42. The molecule has 0 rings (SSSR count). The van der Waals surface area contributed by atoms with E-state index in [-0.39, 0.29) is 12.8 Å². The molecule has 0 saturated heterocycles. The van der Waals surface area contributed by atoms with Crippen LogP contribution in [0.15, 0.2) is 0 Å². The van der Waals surface area contributed by atoms with E-state index in [2.05, 4.69) is 5.32 Å². The molecule has 122 valence electrons. The summed E-state index contributed by atoms with van der Waals surface area (Å²) in [6.45, 7) is 10.2. The number of amides is 1. The monoisotopic (exact) mass is 303 g/mol. The van der Waals surface area contributed by atoms with Crippen molar-refractivity contribution in [3.63, 3.8) is 0 Å². The number of ether oxygens (including phenoxy) is 2. The van der Waals surface area contributed by atoms with Gasteiger partial charge in [-0.25, -0.2) is 9.59 Å². The van der Waals surface area contributed by atoms with Crippen molar-refractivity contribution in [3.8, 4) is 0 Å². The zero-order chi connectivity index (χ0) is 16.8. The number of hydrogen-bond donors (Lipinski definition) is 2. The summed E-state index contributed by atoms with van der Waals surface area (Å²) >= 11 is 0. The molecule has 0 bridgehead atoms. The minimum absolute atomic E-state index is 0.0660. The molecule has 21 heavy (non-hydrogen) atoms. The summed E-state index contributed by atoms with van der Waals surface area (Å²) in [5.41, 5.74) is -1.35. The Bertz CT molecular complexity index is 391. The van der Waals surface area contributed by atoms with Crippen molar-refractivity contribution >= 4 is 18.0 Å². The summed E-state index contributed by atoms with van der Waals surface area (Å²) < 4.78 is 10.1. The Labute approximate surface area is 125 Å². The van der Waals surface area contributed by atoms with E-state index < -0.39 is 35.3 Å². The highest BCUT2D eigenvalue weighted by molar-refractivity contribution is 5.81. The Morgan fingerprint density at radius 3 is 1.86 bits per heavy atom. The van der Waals surface area contributed by atoms with Crippen molar-refractivity contribution in [2.75, 3.05) is 0 Å². The number of alkyl carbamates (subject to hydrolysis) is 1. The molecule has 7 nitrogen and oxygen atoms in total. The third kappa shape index (κ3) is 10.6. The molecule has 0 fully saturated rings. The Morgan fingerprint density at radius 2 is 1.48 bits per heavy atom. The second-order valence-corrected chi connectivity index (χ2v) is 6.66. The maximum absolute atomic E-state index is 11.5. The first-order valence-electron chi connectivity index (χ1n) is 6.74. The van der Waals surface area contributed by atoms with Gasteiger partial charge in [-0.05, 0) is 48.0 Å². The van der Waals surface area contributed by atoms with Gasteiger partial charge in [-0.1, -0.05) is 0 Å². The molecule has 0 aliphatic carbocycles. The van der Waals surface area contributed by atoms with Crippen molar-refractivity contribution in [1.82, 2.24) is 5.32 Å². The molecule has 0 aromatic heterocycles. The number of aliphatic carboxylic acids is 1. The van der Waals surface area contributed by atoms with Crippen molar-refractivity contribution in [2.24, 2.45) is 0 Å². The second kappa shape index (κ2) is 7.28. The van der Waals surface area contributed by atoms with Gasteiger partial charge in [0, 0.05) is 6.42 Å². The lowest BCUT2D eigenvalue weighted by Crippen LogP contribution is -2.43. The summed E-state index contributed by atoms with van der Waals surface area (Å²) in [5, 5.41) is 11.3. The number of hydrogen-bond acceptors (Lipinski definition) is 5. The van der Waals surface area contributed by atoms with E-state index in [9.17, 15) is 14.4 Å². The first-order chi connectivity index (χ1) is 9.30. The quantitative estimate of drug-likeness (QED) is 0.754. The van der Waals surface area contributed by atoms with Crippen molar-refractivity contribution < 1.29 is 29.0 Å². The summed E-state index contributed by atoms with van der Waals surface area (Å²) in [4.78, 5) is 34.2. The Morgan fingerprint density at radius 1 is 1.00 bits per heavy atom. The van der Waals surface area contributed by atoms with E-state index in [1.807, 2.05) is 0 Å². The fraction of sp³-hybridized carbons (Fsp3) is 0.786. The number of esters is 1. The van der Waals surface area contributed by atoms with E-state index in [1.165, 1.54) is 0 Å². The molecular weight excluding hydrogens is 278 g/mol. The molecule has 0 heterocycles. The highest BCUT2D eigenvalue weighted by Crippen LogP contribution is 2.11. The standard InChI is InChI=1S/C14H25NO6/c1-13(2,3)20-10(16)8-7-9(11(17)18)15-12(19)21-14(4,5)6/h9H,7-8H2,1-6H3,(H,15,19)(H,17,18). The Kier molecular flexibility index (Phi) is 6.66. The normalized spacial score (nSPS) is 13.2. The van der Waals surface area contributed by atoms with Crippen LogP contribution in [0.4, 0.5) is 4.79 Å². The van der Waals surface area contributed by atoms with Crippen molar-refractivity contribution in [2.45, 2.75) is 71.6 Å². The minimum atomic E-state index is -1.23. The maximum atomic E-state index is 11.5. The first kappa shape index (κ1) is 19.2. The van der Waals surface area contributed by atoms with Gasteiger partial charge in [0.15, 0.2) is 0 Å². The predicted molar refractivity (Wildman–Crippen MR) is 75.9 cm³/mol. The maximum Gasteiger partial charge on any atom is 0.408 e. The minimum Gasteiger partial charge on any atom is -0.480 e. The van der Waals surface area contributed by atoms with Gasteiger partial charge < -0.3 is 19.9 Å². The molecule has 1 unspecified atom stereocenters. The van der Waals surface area contributed by atoms with Crippen LogP contribution in [0, 0.1) is 0 Å². The van der Waals surface area contributed by atoms with Gasteiger partial charge in [-0.3, -0.25) is 4.79 Å². The smallest absolute Gasteiger partial charge is 0.408 e. The average Bonchev–Trinajstić information content (AvgIpc) is 2.18. The van der Waals surface area contributed by atoms with Crippen LogP contribution >= 0.6 is 0 Å². The summed E-state index contributed by atoms with van der Waals surface area (Å²) in [6, 6.07) is -1.20. The largest absolute Gasteiger partial charge is 0.480 e. The Hall–Kier alpha value is -1.79. The summed E-state index contributed by atoms with van der Waals surface area (Å²) in [7, 11) is 0. The van der Waals surface area contributed by atoms with Crippen LogP contribution in [0.5, 0.6) is 0 Å². The molecular formula is C14H25NO6. The molecule has 0 aliphatic rings. The van der Waals surface area contributed by atoms with Crippen LogP contribution in [-0.4, -0.2) is 40.4 Å². The third-order valence-electron chi connectivity index (χ3n) is 2.05. The van der Waals surface area contributed by atoms with Gasteiger partial charge >= 0.3 is 18.0 Å². The van der Waals surface area contributed by atoms with Crippen LogP contribution < -0.4 is 5.32 Å². The highest BCUT2D eigenvalue weighted by atomic mass is 16.6. The van der Waals surface area contributed by atoms with E-state index in [0.717, 1.165) is 0 Å². The van der Waals surface area contributed by atoms with Gasteiger partial charge in [-0.2, -0.15) is 0 Å². The highest BCUT2D eigenvalue weighted by Gasteiger charge is 2.25. The molecule has 0 aliphatic heterocycles. The molecule has 1 atom stereocenters. The molecule has 0 radical (unpaired) electrons. The average molecular weight is 303 g/mol. The van der Waals surface area contributed by atoms with E-state index >= 15 is 0 Å². The number of carbonyl (C=O) groups is 3. The van der Waals surface area contributed by atoms with Crippen molar-refractivity contribution in [3.05, 3.63) is 0 Å². The molecule has 2 N–H and O–H groups in total. The van der Waals surface area contributed by atoms with Crippen LogP contribution in [0.1, 0.15) is 54.4 Å². The third-order valence-corrected chi connectivity index (χ3v) is 2.05. The number of carbonyl (C=O) groups excluding carboxylic acids is 2. The molecule has 1 amide bonds. The van der Waals surface area contributed by atoms with Crippen molar-refractivity contribution in [1.29, 1.82) is 0 Å². The van der Waals surface area contributed by atoms with Gasteiger partial charge in [0.25, 0.3) is 0 Å². The number of rotatable bonds is 5. The SMILES string of the molecule is CC(C)(C)OC(=O)CCC(NC(=O)OC(C)(C)C)C(=O)O. The fourth-order valence-corrected chi connectivity index (χ4v) is 1.36. The molecule has 0 spiro atoms. The zero-order valence-electron chi connectivity index (χ0n) is 13.5. The lowest BCUT2D eigenvalue weighted by molar-refractivity contribution is -0.155. The van der Waals surface area contributed by atoms with E-state index in [1.54, 1.807) is 41.5 Å². The van der Waals surface area contributed by atoms with Gasteiger partial charge in [0.2, 0.25) is 0 Å². The summed E-state index contributed by atoms with van der Waals surface area (Å²) in [5.74, 6) is -1.75. The molecule has 0 aromatic carbocycles. The van der Waals surface area contributed by atoms with Gasteiger partial charge in [-0.15, -0.1) is 0 Å². The number of carboxylic acid groups (broad SMARTS) is 1. The summed E-state index contributed by atoms with van der Waals surface area (Å²) in [6.07, 6.45) is -1.01. The van der Waals surface area contributed by atoms with E-state index in [0.29, 0.717) is 0 Å². The zero-order valence-corrected chi connectivity index (χ0v) is 13.5. The first-order valence-corrected chi connectivity index (χ1v) is 6.74. The van der Waals surface area contributed by atoms with E-state index in [4.69, 9.17) is 14.6 Å². The fourth-order valence-electron chi connectivity index (χ4n) is 1.36. The predicted octanol–water partition coefficient (Wildman–Crippen LogP) is 2.09. The number of nitrogens with one attached hydrogen (secondary N) is 1. The molecule has 0 saturated carbocycles. The molecule has 0 aromatic rings. The number of carboxylic acids is 1. The lowest BCUT2D eigenvalue weighted by Gasteiger charge is -2.22. The van der Waals surface area contributed by atoms with Gasteiger partial charge in [0.1, 0.15) is 17.2 Å².